The highest BCUT2D eigenvalue weighted by molar-refractivity contribution is 5.88. The molecule has 0 saturated heterocycles. The number of methoxy groups -OCH3 is 1. The molecule has 144 valence electrons. The third-order valence-electron chi connectivity index (χ3n) is 5.38. The van der Waals surface area contributed by atoms with E-state index in [0.717, 1.165) is 41.1 Å². The Morgan fingerprint density at radius 1 is 1.21 bits per heavy atom. The summed E-state index contributed by atoms with van der Waals surface area (Å²) in [6.07, 6.45) is 3.25. The first-order valence-corrected chi connectivity index (χ1v) is 9.39. The fourth-order valence-electron chi connectivity index (χ4n) is 4.14. The van der Waals surface area contributed by atoms with E-state index in [2.05, 4.69) is 11.5 Å². The van der Waals surface area contributed by atoms with Gasteiger partial charge in [-0.15, -0.1) is 0 Å². The Balaban J connectivity index is 1.85. The number of carbonyl (C=O) groups is 1. The summed E-state index contributed by atoms with van der Waals surface area (Å²) in [5.74, 6) is 0.543. The third-order valence-corrected chi connectivity index (χ3v) is 5.38. The normalized spacial score (nSPS) is 18.5. The molecule has 2 aliphatic rings. The number of hydrazine groups is 1. The number of ketones is 1. The Morgan fingerprint density at radius 3 is 2.71 bits per heavy atom. The Bertz CT molecular complexity index is 1010. The van der Waals surface area contributed by atoms with Gasteiger partial charge >= 0.3 is 0 Å². The van der Waals surface area contributed by atoms with Gasteiger partial charge in [-0.1, -0.05) is 18.2 Å². The first-order valence-electron chi connectivity index (χ1n) is 9.39. The van der Waals surface area contributed by atoms with Crippen LogP contribution in [0.2, 0.25) is 0 Å². The Morgan fingerprint density at radius 2 is 2.00 bits per heavy atom. The van der Waals surface area contributed by atoms with Crippen LogP contribution >= 0.6 is 0 Å². The number of hydrogen-bond donors (Lipinski definition) is 1. The van der Waals surface area contributed by atoms with Gasteiger partial charge in [0.2, 0.25) is 0 Å². The lowest BCUT2D eigenvalue weighted by molar-refractivity contribution is -0.112. The average molecular weight is 378 g/mol. The molecular formula is C23H23FN2O2. The van der Waals surface area contributed by atoms with Crippen LogP contribution in [-0.2, 0) is 11.2 Å². The summed E-state index contributed by atoms with van der Waals surface area (Å²) >= 11 is 0. The van der Waals surface area contributed by atoms with E-state index in [0.29, 0.717) is 5.56 Å². The molecule has 2 aromatic carbocycles. The zero-order valence-corrected chi connectivity index (χ0v) is 16.3. The monoisotopic (exact) mass is 378 g/mol. The summed E-state index contributed by atoms with van der Waals surface area (Å²) < 4.78 is 20.1. The summed E-state index contributed by atoms with van der Waals surface area (Å²) in [4.78, 5) is 11.7. The molecular weight excluding hydrogens is 355 g/mol. The summed E-state index contributed by atoms with van der Waals surface area (Å²) in [5.41, 5.74) is 9.24. The van der Waals surface area contributed by atoms with Crippen LogP contribution in [0.5, 0.6) is 5.75 Å². The molecule has 1 heterocycles. The molecule has 28 heavy (non-hydrogen) atoms. The topological polar surface area (TPSA) is 41.6 Å². The van der Waals surface area contributed by atoms with Gasteiger partial charge in [0.15, 0.2) is 5.78 Å². The van der Waals surface area contributed by atoms with Crippen molar-refractivity contribution in [3.05, 3.63) is 82.3 Å². The molecule has 1 atom stereocenters. The molecule has 1 N–H and O–H groups in total. The van der Waals surface area contributed by atoms with E-state index >= 15 is 0 Å². The van der Waals surface area contributed by atoms with E-state index in [-0.39, 0.29) is 17.6 Å². The van der Waals surface area contributed by atoms with Gasteiger partial charge in [0.1, 0.15) is 17.6 Å². The zero-order chi connectivity index (χ0) is 19.8. The van der Waals surface area contributed by atoms with E-state index in [9.17, 15) is 9.18 Å². The lowest BCUT2D eigenvalue weighted by atomic mass is 9.85. The zero-order valence-electron chi connectivity index (χ0n) is 16.3. The molecule has 0 unspecified atom stereocenters. The number of halogens is 1. The smallest absolute Gasteiger partial charge is 0.154 e. The van der Waals surface area contributed by atoms with E-state index in [4.69, 9.17) is 4.74 Å². The number of carbonyl (C=O) groups excluding carboxylic acids is 1. The van der Waals surface area contributed by atoms with Crippen LogP contribution in [-0.4, -0.2) is 17.9 Å². The number of nitrogens with zero attached hydrogens (tertiary/aromatic N) is 1. The maximum absolute atomic E-state index is 14.7. The number of fused-ring (bicyclic) bond motifs is 2. The fraction of sp³-hybridized carbons (Fsp3) is 0.261. The minimum absolute atomic E-state index is 0.0402. The lowest BCUT2D eigenvalue weighted by Gasteiger charge is -2.29. The second-order valence-corrected chi connectivity index (χ2v) is 7.23. The highest BCUT2D eigenvalue weighted by Crippen LogP contribution is 2.46. The molecule has 0 amide bonds. The van der Waals surface area contributed by atoms with Gasteiger partial charge in [-0.25, -0.2) is 4.39 Å². The van der Waals surface area contributed by atoms with Crippen molar-refractivity contribution >= 4 is 11.5 Å². The Kier molecular flexibility index (Phi) is 4.67. The van der Waals surface area contributed by atoms with Crippen molar-refractivity contribution in [1.82, 2.24) is 10.4 Å². The molecule has 2 aromatic rings. The highest BCUT2D eigenvalue weighted by atomic mass is 19.1. The number of aryl methyl sites for hydroxylation is 1. The minimum atomic E-state index is -0.290. The molecule has 4 rings (SSSR count). The molecule has 0 aromatic heterocycles. The van der Waals surface area contributed by atoms with E-state index < -0.39 is 0 Å². The van der Waals surface area contributed by atoms with Gasteiger partial charge in [0, 0.05) is 22.9 Å². The molecule has 1 aliphatic carbocycles. The number of allylic oxidation sites excluding steroid dienone is 2. The second-order valence-electron chi connectivity index (χ2n) is 7.23. The van der Waals surface area contributed by atoms with Gasteiger partial charge in [-0.3, -0.25) is 15.2 Å². The van der Waals surface area contributed by atoms with Crippen LogP contribution in [0.25, 0.3) is 5.70 Å². The summed E-state index contributed by atoms with van der Waals surface area (Å²) in [5, 5.41) is 1.91. The quantitative estimate of drug-likeness (QED) is 0.793. The average Bonchev–Trinajstić information content (AvgIpc) is 3.07. The molecule has 0 fully saturated rings. The van der Waals surface area contributed by atoms with Crippen molar-refractivity contribution < 1.29 is 13.9 Å². The van der Waals surface area contributed by atoms with Crippen LogP contribution in [0.15, 0.2) is 59.8 Å². The number of ether oxygens (including phenoxy) is 1. The SMILES string of the molecule is COc1ccc2c(c1)CCC1=C2NN(C(C)=CC(C)=O)[C@@H]1c1ccccc1F. The minimum Gasteiger partial charge on any atom is -0.497 e. The van der Waals surface area contributed by atoms with E-state index in [1.165, 1.54) is 18.6 Å². The molecule has 0 saturated carbocycles. The van der Waals surface area contributed by atoms with Gasteiger partial charge in [-0.05, 0) is 62.1 Å². The van der Waals surface area contributed by atoms with Crippen molar-refractivity contribution in [2.45, 2.75) is 32.7 Å². The summed E-state index contributed by atoms with van der Waals surface area (Å²) in [6.45, 7) is 3.39. The van der Waals surface area contributed by atoms with Crippen LogP contribution in [0.3, 0.4) is 0 Å². The largest absolute Gasteiger partial charge is 0.497 e. The lowest BCUT2D eigenvalue weighted by Crippen LogP contribution is -2.33. The third kappa shape index (κ3) is 3.07. The molecule has 0 radical (unpaired) electrons. The molecule has 5 heteroatoms. The number of hydrogen-bond acceptors (Lipinski definition) is 4. The van der Waals surface area contributed by atoms with E-state index in [1.807, 2.05) is 36.2 Å². The van der Waals surface area contributed by atoms with Crippen LogP contribution < -0.4 is 10.2 Å². The van der Waals surface area contributed by atoms with Crippen molar-refractivity contribution in [3.63, 3.8) is 0 Å². The standard InChI is InChI=1S/C23H23FN2O2/c1-14(12-15(2)27)26-23(19-6-4-5-7-21(19)24)20-10-8-16-13-17(28-3)9-11-18(16)22(20)25-26/h4-7,9,11-13,23,25H,8,10H2,1-3H3/t23-/m1/s1. The first kappa shape index (κ1) is 18.3. The van der Waals surface area contributed by atoms with Crippen molar-refractivity contribution in [2.75, 3.05) is 7.11 Å². The highest BCUT2D eigenvalue weighted by Gasteiger charge is 2.38. The molecule has 4 nitrogen and oxygen atoms in total. The van der Waals surface area contributed by atoms with Crippen LogP contribution in [0.4, 0.5) is 4.39 Å². The summed E-state index contributed by atoms with van der Waals surface area (Å²) in [6, 6.07) is 12.6. The fourth-order valence-corrected chi connectivity index (χ4v) is 4.14. The Labute approximate surface area is 164 Å². The number of rotatable bonds is 4. The molecule has 0 spiro atoms. The maximum atomic E-state index is 14.7. The van der Waals surface area contributed by atoms with Crippen LogP contribution in [0.1, 0.15) is 43.0 Å². The molecule has 1 aliphatic heterocycles. The van der Waals surface area contributed by atoms with Gasteiger partial charge in [0.05, 0.1) is 12.8 Å². The van der Waals surface area contributed by atoms with Crippen LogP contribution in [0, 0.1) is 5.82 Å². The summed E-state index contributed by atoms with van der Waals surface area (Å²) in [7, 11) is 1.66. The maximum Gasteiger partial charge on any atom is 0.154 e. The first-order chi connectivity index (χ1) is 13.5. The second kappa shape index (κ2) is 7.15. The van der Waals surface area contributed by atoms with E-state index in [1.54, 1.807) is 19.3 Å². The van der Waals surface area contributed by atoms with Gasteiger partial charge in [-0.2, -0.15) is 0 Å². The van der Waals surface area contributed by atoms with Gasteiger partial charge < -0.3 is 4.74 Å². The number of nitrogens with one attached hydrogen (secondary N) is 1. The molecule has 0 bridgehead atoms. The van der Waals surface area contributed by atoms with Gasteiger partial charge in [0.25, 0.3) is 0 Å². The number of benzene rings is 2. The Hall–Kier alpha value is -3.08. The van der Waals surface area contributed by atoms with Crippen molar-refractivity contribution in [1.29, 1.82) is 0 Å². The van der Waals surface area contributed by atoms with Crippen molar-refractivity contribution in [3.8, 4) is 5.75 Å². The van der Waals surface area contributed by atoms with Crippen molar-refractivity contribution in [2.24, 2.45) is 0 Å². The predicted octanol–water partition coefficient (Wildman–Crippen LogP) is 4.55. The predicted molar refractivity (Wildman–Crippen MR) is 107 cm³/mol.